The van der Waals surface area contributed by atoms with Crippen molar-refractivity contribution in [3.05, 3.63) is 35.5 Å². The van der Waals surface area contributed by atoms with Gasteiger partial charge in [-0.2, -0.15) is 0 Å². The average molecular weight is 379 g/mol. The van der Waals surface area contributed by atoms with E-state index in [0.29, 0.717) is 6.54 Å². The molecule has 1 aromatic carbocycles. The third-order valence-corrected chi connectivity index (χ3v) is 6.30. The fourth-order valence-electron chi connectivity index (χ4n) is 4.05. The third kappa shape index (κ3) is 3.25. The summed E-state index contributed by atoms with van der Waals surface area (Å²) >= 11 is 0. The number of hydrogen-bond donors (Lipinski definition) is 0. The van der Waals surface area contributed by atoms with Crippen LogP contribution in [0.15, 0.2) is 24.3 Å². The highest BCUT2D eigenvalue weighted by atomic mass is 35.7. The van der Waals surface area contributed by atoms with Gasteiger partial charge < -0.3 is 4.90 Å². The SMILES string of the molecule is O=C1CC(CS(=O)(=O)Cl)CN1c1c2c(nc3ccccc13)CCCC2. The molecule has 132 valence electrons. The van der Waals surface area contributed by atoms with Crippen molar-refractivity contribution in [1.29, 1.82) is 0 Å². The summed E-state index contributed by atoms with van der Waals surface area (Å²) in [6, 6.07) is 7.85. The van der Waals surface area contributed by atoms with Gasteiger partial charge in [-0.25, -0.2) is 8.42 Å². The molecule has 2 heterocycles. The number of nitrogens with zero attached hydrogens (tertiary/aromatic N) is 2. The zero-order chi connectivity index (χ0) is 17.6. The number of amides is 1. The minimum atomic E-state index is -3.62. The molecule has 0 spiro atoms. The minimum Gasteiger partial charge on any atom is -0.311 e. The molecule has 25 heavy (non-hydrogen) atoms. The van der Waals surface area contributed by atoms with Crippen molar-refractivity contribution in [2.45, 2.75) is 32.1 Å². The van der Waals surface area contributed by atoms with Gasteiger partial charge in [0.2, 0.25) is 15.0 Å². The molecule has 2 aromatic rings. The molecule has 1 fully saturated rings. The molecule has 1 aliphatic carbocycles. The molecular formula is C18H19ClN2O3S. The topological polar surface area (TPSA) is 67.3 Å². The van der Waals surface area contributed by atoms with Crippen molar-refractivity contribution in [2.75, 3.05) is 17.2 Å². The Labute approximate surface area is 151 Å². The molecule has 1 saturated heterocycles. The Balaban J connectivity index is 1.82. The number of rotatable bonds is 3. The Hall–Kier alpha value is -1.66. The predicted octanol–water partition coefficient (Wildman–Crippen LogP) is 3.04. The Bertz CT molecular complexity index is 958. The highest BCUT2D eigenvalue weighted by Crippen LogP contribution is 2.38. The number of anilines is 1. The van der Waals surface area contributed by atoms with Crippen LogP contribution in [0.4, 0.5) is 5.69 Å². The highest BCUT2D eigenvalue weighted by molar-refractivity contribution is 8.13. The Morgan fingerprint density at radius 3 is 2.76 bits per heavy atom. The number of hydrogen-bond acceptors (Lipinski definition) is 4. The van der Waals surface area contributed by atoms with Gasteiger partial charge in [-0.15, -0.1) is 0 Å². The first-order chi connectivity index (χ1) is 11.9. The van der Waals surface area contributed by atoms with Crippen LogP contribution in [-0.2, 0) is 26.7 Å². The average Bonchev–Trinajstić information content (AvgIpc) is 2.90. The maximum Gasteiger partial charge on any atom is 0.232 e. The number of aryl methyl sites for hydroxylation is 1. The Kier molecular flexibility index (Phi) is 4.20. The van der Waals surface area contributed by atoms with Crippen LogP contribution in [0.2, 0.25) is 0 Å². The van der Waals surface area contributed by atoms with E-state index in [-0.39, 0.29) is 24.0 Å². The second-order valence-corrected chi connectivity index (χ2v) is 9.71. The zero-order valence-electron chi connectivity index (χ0n) is 13.7. The van der Waals surface area contributed by atoms with Gasteiger partial charge in [0.25, 0.3) is 0 Å². The van der Waals surface area contributed by atoms with E-state index in [9.17, 15) is 13.2 Å². The fourth-order valence-corrected chi connectivity index (χ4v) is 5.37. The summed E-state index contributed by atoms with van der Waals surface area (Å²) in [5, 5.41) is 0.964. The van der Waals surface area contributed by atoms with Crippen molar-refractivity contribution in [2.24, 2.45) is 5.92 Å². The molecule has 7 heteroatoms. The third-order valence-electron chi connectivity index (χ3n) is 5.05. The summed E-state index contributed by atoms with van der Waals surface area (Å²) < 4.78 is 22.8. The Morgan fingerprint density at radius 1 is 1.20 bits per heavy atom. The normalized spacial score (nSPS) is 20.9. The van der Waals surface area contributed by atoms with Crippen LogP contribution in [0.3, 0.4) is 0 Å². The van der Waals surface area contributed by atoms with Crippen molar-refractivity contribution in [3.8, 4) is 0 Å². The standard InChI is InChI=1S/C18H19ClN2O3S/c19-25(23,24)11-12-9-17(22)21(10-12)18-13-5-1-3-7-15(13)20-16-8-4-2-6-14(16)18/h1,3,5,7,12H,2,4,6,8-11H2. The highest BCUT2D eigenvalue weighted by Gasteiger charge is 2.35. The molecule has 0 radical (unpaired) electrons. The lowest BCUT2D eigenvalue weighted by Crippen LogP contribution is -2.28. The smallest absolute Gasteiger partial charge is 0.232 e. The summed E-state index contributed by atoms with van der Waals surface area (Å²) in [5.74, 6) is -0.460. The first kappa shape index (κ1) is 16.8. The molecule has 1 amide bonds. The molecule has 4 rings (SSSR count). The van der Waals surface area contributed by atoms with E-state index in [4.69, 9.17) is 15.7 Å². The molecule has 1 aliphatic heterocycles. The van der Waals surface area contributed by atoms with Crippen molar-refractivity contribution in [1.82, 2.24) is 4.98 Å². The van der Waals surface area contributed by atoms with Crippen LogP contribution in [-0.4, -0.2) is 31.6 Å². The van der Waals surface area contributed by atoms with Gasteiger partial charge in [-0.05, 0) is 37.3 Å². The van der Waals surface area contributed by atoms with Crippen LogP contribution in [0, 0.1) is 5.92 Å². The van der Waals surface area contributed by atoms with Gasteiger partial charge in [0.05, 0.1) is 17.0 Å². The van der Waals surface area contributed by atoms with Crippen LogP contribution in [0.5, 0.6) is 0 Å². The van der Waals surface area contributed by atoms with Gasteiger partial charge in [-0.1, -0.05) is 18.2 Å². The summed E-state index contributed by atoms with van der Waals surface area (Å²) in [6.45, 7) is 0.394. The first-order valence-electron chi connectivity index (χ1n) is 8.55. The molecule has 0 bridgehead atoms. The first-order valence-corrected chi connectivity index (χ1v) is 11.0. The lowest BCUT2D eigenvalue weighted by Gasteiger charge is -2.26. The molecule has 0 N–H and O–H groups in total. The molecule has 1 unspecified atom stereocenters. The van der Waals surface area contributed by atoms with E-state index in [1.807, 2.05) is 24.3 Å². The zero-order valence-corrected chi connectivity index (χ0v) is 15.3. The maximum atomic E-state index is 12.7. The van der Waals surface area contributed by atoms with E-state index in [1.54, 1.807) is 4.90 Å². The number of aromatic nitrogens is 1. The van der Waals surface area contributed by atoms with Crippen LogP contribution in [0.25, 0.3) is 10.9 Å². The summed E-state index contributed by atoms with van der Waals surface area (Å²) in [4.78, 5) is 19.2. The number of carbonyl (C=O) groups excluding carboxylic acids is 1. The van der Waals surface area contributed by atoms with Gasteiger partial charge >= 0.3 is 0 Å². The van der Waals surface area contributed by atoms with Gasteiger partial charge in [0.1, 0.15) is 0 Å². The largest absolute Gasteiger partial charge is 0.311 e. The Morgan fingerprint density at radius 2 is 1.96 bits per heavy atom. The fraction of sp³-hybridized carbons (Fsp3) is 0.444. The molecule has 2 aliphatic rings. The van der Waals surface area contributed by atoms with Crippen LogP contribution >= 0.6 is 10.7 Å². The van der Waals surface area contributed by atoms with Crippen molar-refractivity contribution >= 4 is 42.2 Å². The predicted molar refractivity (Wildman–Crippen MR) is 98.5 cm³/mol. The molecule has 1 atom stereocenters. The van der Waals surface area contributed by atoms with E-state index < -0.39 is 9.05 Å². The van der Waals surface area contributed by atoms with E-state index in [0.717, 1.165) is 53.5 Å². The summed E-state index contributed by atoms with van der Waals surface area (Å²) in [5.41, 5.74) is 4.04. The summed E-state index contributed by atoms with van der Waals surface area (Å²) in [7, 11) is 1.78. The second-order valence-electron chi connectivity index (χ2n) is 6.89. The van der Waals surface area contributed by atoms with Crippen LogP contribution < -0.4 is 4.90 Å². The van der Waals surface area contributed by atoms with E-state index >= 15 is 0 Å². The van der Waals surface area contributed by atoms with Crippen LogP contribution in [0.1, 0.15) is 30.5 Å². The maximum absolute atomic E-state index is 12.7. The quantitative estimate of drug-likeness (QED) is 0.770. The second kappa shape index (κ2) is 6.25. The molecule has 0 saturated carbocycles. The van der Waals surface area contributed by atoms with Crippen molar-refractivity contribution < 1.29 is 13.2 Å². The van der Waals surface area contributed by atoms with Gasteiger partial charge in [0.15, 0.2) is 0 Å². The number of para-hydroxylation sites is 1. The van der Waals surface area contributed by atoms with Gasteiger partial charge in [-0.3, -0.25) is 9.78 Å². The molecule has 1 aromatic heterocycles. The minimum absolute atomic E-state index is 0.0329. The monoisotopic (exact) mass is 378 g/mol. The van der Waals surface area contributed by atoms with Crippen molar-refractivity contribution in [3.63, 3.8) is 0 Å². The molecular weight excluding hydrogens is 360 g/mol. The lowest BCUT2D eigenvalue weighted by molar-refractivity contribution is -0.117. The number of carbonyl (C=O) groups is 1. The number of benzene rings is 1. The molecule has 5 nitrogen and oxygen atoms in total. The number of halogens is 1. The van der Waals surface area contributed by atoms with Gasteiger partial charge in [0, 0.05) is 40.6 Å². The lowest BCUT2D eigenvalue weighted by atomic mass is 9.92. The summed E-state index contributed by atoms with van der Waals surface area (Å²) in [6.07, 6.45) is 4.25. The number of fused-ring (bicyclic) bond motifs is 2. The van der Waals surface area contributed by atoms with E-state index in [2.05, 4.69) is 0 Å². The van der Waals surface area contributed by atoms with E-state index in [1.165, 1.54) is 0 Å². The number of pyridine rings is 1.